The van der Waals surface area contributed by atoms with E-state index < -0.39 is 0 Å². The second-order valence-corrected chi connectivity index (χ2v) is 4.21. The third-order valence-corrected chi connectivity index (χ3v) is 2.73. The zero-order chi connectivity index (χ0) is 11.4. The number of aryl methyl sites for hydroxylation is 1. The van der Waals surface area contributed by atoms with Gasteiger partial charge in [0.1, 0.15) is 0 Å². The lowest BCUT2D eigenvalue weighted by molar-refractivity contribution is 0.666. The Morgan fingerprint density at radius 3 is 3.12 bits per heavy atom. The van der Waals surface area contributed by atoms with E-state index in [-0.39, 0.29) is 5.56 Å². The summed E-state index contributed by atoms with van der Waals surface area (Å²) in [6, 6.07) is 1.39. The Morgan fingerprint density at radius 2 is 2.44 bits per heavy atom. The highest BCUT2D eigenvalue weighted by atomic mass is 32.2. The number of rotatable bonds is 4. The van der Waals surface area contributed by atoms with Crippen molar-refractivity contribution in [2.24, 2.45) is 0 Å². The molecule has 2 heterocycles. The SMILES string of the molecule is Nc1cnn(CCSc2nccc(=O)[nH]2)c1. The quantitative estimate of drug-likeness (QED) is 0.591. The zero-order valence-electron chi connectivity index (χ0n) is 8.46. The standard InChI is InChI=1S/C9H11N5OS/c10-7-5-12-14(6-7)3-4-16-9-11-2-1-8(15)13-9/h1-2,5-6H,3-4,10H2,(H,11,13,15). The van der Waals surface area contributed by atoms with Crippen molar-refractivity contribution in [1.29, 1.82) is 0 Å². The maximum Gasteiger partial charge on any atom is 0.251 e. The van der Waals surface area contributed by atoms with E-state index >= 15 is 0 Å². The number of aromatic amines is 1. The molecular weight excluding hydrogens is 226 g/mol. The molecule has 2 rings (SSSR count). The second-order valence-electron chi connectivity index (χ2n) is 3.12. The van der Waals surface area contributed by atoms with Gasteiger partial charge in [-0.15, -0.1) is 0 Å². The molecule has 0 saturated carbocycles. The fourth-order valence-corrected chi connectivity index (χ4v) is 1.94. The summed E-state index contributed by atoms with van der Waals surface area (Å²) in [5.74, 6) is 0.772. The van der Waals surface area contributed by atoms with E-state index in [2.05, 4.69) is 15.1 Å². The molecule has 0 amide bonds. The van der Waals surface area contributed by atoms with E-state index in [0.29, 0.717) is 10.8 Å². The minimum atomic E-state index is -0.138. The van der Waals surface area contributed by atoms with Gasteiger partial charge in [-0.25, -0.2) is 4.98 Å². The monoisotopic (exact) mass is 237 g/mol. The van der Waals surface area contributed by atoms with Crippen molar-refractivity contribution < 1.29 is 0 Å². The summed E-state index contributed by atoms with van der Waals surface area (Å²) in [6.45, 7) is 0.723. The van der Waals surface area contributed by atoms with E-state index in [0.717, 1.165) is 12.3 Å². The van der Waals surface area contributed by atoms with Crippen LogP contribution in [0.4, 0.5) is 5.69 Å². The van der Waals surface area contributed by atoms with Gasteiger partial charge in [0.05, 0.1) is 18.4 Å². The van der Waals surface area contributed by atoms with Crippen LogP contribution in [-0.4, -0.2) is 25.5 Å². The first kappa shape index (κ1) is 10.7. The maximum atomic E-state index is 11.0. The first-order valence-electron chi connectivity index (χ1n) is 4.70. The highest BCUT2D eigenvalue weighted by molar-refractivity contribution is 7.99. The molecule has 0 aliphatic rings. The summed E-state index contributed by atoms with van der Waals surface area (Å²) >= 11 is 1.47. The molecule has 0 bridgehead atoms. The van der Waals surface area contributed by atoms with Gasteiger partial charge in [0.25, 0.3) is 5.56 Å². The Morgan fingerprint density at radius 1 is 1.56 bits per heavy atom. The van der Waals surface area contributed by atoms with Gasteiger partial charge < -0.3 is 10.7 Å². The number of H-pyrrole nitrogens is 1. The van der Waals surface area contributed by atoms with Crippen molar-refractivity contribution in [1.82, 2.24) is 19.7 Å². The van der Waals surface area contributed by atoms with E-state index in [1.54, 1.807) is 17.1 Å². The first-order valence-corrected chi connectivity index (χ1v) is 5.68. The fourth-order valence-electron chi connectivity index (χ4n) is 1.16. The molecule has 16 heavy (non-hydrogen) atoms. The molecule has 0 aliphatic heterocycles. The molecule has 0 spiro atoms. The summed E-state index contributed by atoms with van der Waals surface area (Å²) in [7, 11) is 0. The number of nitrogens with one attached hydrogen (secondary N) is 1. The molecule has 0 radical (unpaired) electrons. The van der Waals surface area contributed by atoms with Gasteiger partial charge in [-0.1, -0.05) is 11.8 Å². The predicted octanol–water partition coefficient (Wildman–Crippen LogP) is 0.341. The van der Waals surface area contributed by atoms with Crippen molar-refractivity contribution in [3.8, 4) is 0 Å². The van der Waals surface area contributed by atoms with Crippen molar-refractivity contribution in [2.75, 3.05) is 11.5 Å². The zero-order valence-corrected chi connectivity index (χ0v) is 9.28. The molecule has 2 aromatic heterocycles. The minimum absolute atomic E-state index is 0.138. The van der Waals surface area contributed by atoms with Gasteiger partial charge in [-0.05, 0) is 0 Å². The summed E-state index contributed by atoms with van der Waals surface area (Å²) < 4.78 is 1.75. The van der Waals surface area contributed by atoms with Crippen LogP contribution in [0.15, 0.2) is 34.6 Å². The summed E-state index contributed by atoms with van der Waals surface area (Å²) in [6.07, 6.45) is 4.86. The Kier molecular flexibility index (Phi) is 3.25. The number of aromatic nitrogens is 4. The average molecular weight is 237 g/mol. The second kappa shape index (κ2) is 4.84. The number of nitrogen functional groups attached to an aromatic ring is 1. The van der Waals surface area contributed by atoms with Crippen LogP contribution in [0.3, 0.4) is 0 Å². The highest BCUT2D eigenvalue weighted by Gasteiger charge is 1.98. The Labute approximate surface area is 95.9 Å². The molecule has 0 fully saturated rings. The highest BCUT2D eigenvalue weighted by Crippen LogP contribution is 2.10. The molecule has 0 atom stereocenters. The van der Waals surface area contributed by atoms with Gasteiger partial charge in [0, 0.05) is 24.2 Å². The van der Waals surface area contributed by atoms with Crippen LogP contribution in [0.25, 0.3) is 0 Å². The number of hydrogen-bond donors (Lipinski definition) is 2. The van der Waals surface area contributed by atoms with Gasteiger partial charge in [-0.3, -0.25) is 9.48 Å². The first-order chi connectivity index (χ1) is 7.74. The lowest BCUT2D eigenvalue weighted by Gasteiger charge is -2.00. The molecular formula is C9H11N5OS. The summed E-state index contributed by atoms with van der Waals surface area (Å²) in [4.78, 5) is 17.7. The smallest absolute Gasteiger partial charge is 0.251 e. The molecule has 0 aliphatic carbocycles. The number of nitrogens with zero attached hydrogens (tertiary/aromatic N) is 3. The largest absolute Gasteiger partial charge is 0.396 e. The number of hydrogen-bond acceptors (Lipinski definition) is 5. The van der Waals surface area contributed by atoms with Crippen LogP contribution in [-0.2, 0) is 6.54 Å². The molecule has 3 N–H and O–H groups in total. The lowest BCUT2D eigenvalue weighted by atomic mass is 10.6. The van der Waals surface area contributed by atoms with Crippen LogP contribution in [0.1, 0.15) is 0 Å². The van der Waals surface area contributed by atoms with Gasteiger partial charge in [-0.2, -0.15) is 5.10 Å². The molecule has 6 nitrogen and oxygen atoms in total. The molecule has 0 saturated heterocycles. The summed E-state index contributed by atoms with van der Waals surface area (Å²) in [5, 5.41) is 4.67. The van der Waals surface area contributed by atoms with E-state index in [1.165, 1.54) is 24.0 Å². The molecule has 2 aromatic rings. The van der Waals surface area contributed by atoms with Crippen LogP contribution in [0.2, 0.25) is 0 Å². The average Bonchev–Trinajstić information content (AvgIpc) is 2.64. The van der Waals surface area contributed by atoms with Crippen molar-refractivity contribution in [3.63, 3.8) is 0 Å². The van der Waals surface area contributed by atoms with Gasteiger partial charge >= 0.3 is 0 Å². The maximum absolute atomic E-state index is 11.0. The lowest BCUT2D eigenvalue weighted by Crippen LogP contribution is -2.06. The number of thioether (sulfide) groups is 1. The normalized spacial score (nSPS) is 10.5. The Hall–Kier alpha value is -1.76. The third kappa shape index (κ3) is 2.86. The van der Waals surface area contributed by atoms with Crippen LogP contribution in [0, 0.1) is 0 Å². The predicted molar refractivity (Wildman–Crippen MR) is 62.2 cm³/mol. The topological polar surface area (TPSA) is 89.6 Å². The van der Waals surface area contributed by atoms with Gasteiger partial charge in [0.2, 0.25) is 0 Å². The van der Waals surface area contributed by atoms with Crippen LogP contribution in [0.5, 0.6) is 0 Å². The molecule has 7 heteroatoms. The van der Waals surface area contributed by atoms with E-state index in [4.69, 9.17) is 5.73 Å². The fraction of sp³-hybridized carbons (Fsp3) is 0.222. The Balaban J connectivity index is 1.86. The molecule has 0 aromatic carbocycles. The number of anilines is 1. The number of nitrogens with two attached hydrogens (primary N) is 1. The van der Waals surface area contributed by atoms with E-state index in [1.807, 2.05) is 0 Å². The Bertz CT molecular complexity index is 520. The molecule has 84 valence electrons. The van der Waals surface area contributed by atoms with Crippen molar-refractivity contribution in [2.45, 2.75) is 11.7 Å². The van der Waals surface area contributed by atoms with Gasteiger partial charge in [0.15, 0.2) is 5.16 Å². The van der Waals surface area contributed by atoms with Crippen LogP contribution < -0.4 is 11.3 Å². The van der Waals surface area contributed by atoms with E-state index in [9.17, 15) is 4.79 Å². The molecule has 0 unspecified atom stereocenters. The van der Waals surface area contributed by atoms with Crippen molar-refractivity contribution in [3.05, 3.63) is 35.0 Å². The van der Waals surface area contributed by atoms with Crippen LogP contribution >= 0.6 is 11.8 Å². The van der Waals surface area contributed by atoms with Crippen molar-refractivity contribution >= 4 is 17.4 Å². The third-order valence-electron chi connectivity index (χ3n) is 1.86. The minimum Gasteiger partial charge on any atom is -0.396 e. The summed E-state index contributed by atoms with van der Waals surface area (Å²) in [5.41, 5.74) is 6.04.